The van der Waals surface area contributed by atoms with Gasteiger partial charge in [-0.25, -0.2) is 22.5 Å². The first kappa shape index (κ1) is 31.9. The van der Waals surface area contributed by atoms with Gasteiger partial charge in [0, 0.05) is 54.0 Å². The summed E-state index contributed by atoms with van der Waals surface area (Å²) in [5.74, 6) is 2.46. The third-order valence-electron chi connectivity index (χ3n) is 10.0. The van der Waals surface area contributed by atoms with Crippen LogP contribution in [0.4, 0.5) is 23.4 Å². The predicted octanol–water partition coefficient (Wildman–Crippen LogP) is 5.33. The summed E-state index contributed by atoms with van der Waals surface area (Å²) >= 11 is 0. The van der Waals surface area contributed by atoms with Gasteiger partial charge in [-0.15, -0.1) is 12.8 Å². The molecule has 3 aliphatic rings. The first-order valence-electron chi connectivity index (χ1n) is 15.9. The molecule has 0 amide bonds. The molecule has 3 fully saturated rings. The van der Waals surface area contributed by atoms with E-state index in [0.717, 1.165) is 12.8 Å². The molecule has 4 aromatic rings. The molecule has 2 aromatic carbocycles. The zero-order valence-electron chi connectivity index (χ0n) is 26.5. The fourth-order valence-electron chi connectivity index (χ4n) is 7.77. The van der Waals surface area contributed by atoms with Crippen molar-refractivity contribution in [1.82, 2.24) is 25.2 Å². The molecule has 248 valence electrons. The molecule has 12 heteroatoms. The number of ether oxygens (including phenoxy) is 1. The van der Waals surface area contributed by atoms with Crippen LogP contribution in [0.15, 0.2) is 24.3 Å². The summed E-state index contributed by atoms with van der Waals surface area (Å²) in [6, 6.07) is 5.41. The van der Waals surface area contributed by atoms with Gasteiger partial charge < -0.3 is 25.0 Å². The van der Waals surface area contributed by atoms with Crippen LogP contribution in [0.3, 0.4) is 0 Å². The third-order valence-corrected chi connectivity index (χ3v) is 10.0. The molecule has 0 saturated carbocycles. The maximum Gasteiger partial charge on any atom is 0.319 e. The van der Waals surface area contributed by atoms with Crippen molar-refractivity contribution in [3.63, 3.8) is 0 Å². The van der Waals surface area contributed by atoms with Crippen molar-refractivity contribution < 1.29 is 27.4 Å². The van der Waals surface area contributed by atoms with Crippen molar-refractivity contribution in [3.05, 3.63) is 47.2 Å². The van der Waals surface area contributed by atoms with Crippen molar-refractivity contribution in [2.75, 3.05) is 44.7 Å². The number of phenolic OH excluding ortho intramolecular Hbond substituents is 1. The fraction of sp³-hybridized carbons (Fsp3) is 0.417. The molecule has 5 heterocycles. The Kier molecular flexibility index (Phi) is 8.05. The molecule has 2 bridgehead atoms. The van der Waals surface area contributed by atoms with Gasteiger partial charge in [0.25, 0.3) is 0 Å². The first-order chi connectivity index (χ1) is 23.0. The maximum absolute atomic E-state index is 17.0. The number of hydrogen-bond acceptors (Lipinski definition) is 8. The molecule has 0 aliphatic carbocycles. The first-order valence-corrected chi connectivity index (χ1v) is 15.9. The number of anilines is 1. The molecule has 3 saturated heterocycles. The quantitative estimate of drug-likeness (QED) is 0.213. The van der Waals surface area contributed by atoms with Gasteiger partial charge in [0.05, 0.1) is 17.6 Å². The number of piperidine rings is 1. The Balaban J connectivity index is 1.43. The number of aromatic hydroxyl groups is 1. The van der Waals surface area contributed by atoms with E-state index in [2.05, 4.69) is 27.1 Å². The van der Waals surface area contributed by atoms with Crippen LogP contribution in [-0.2, 0) is 0 Å². The summed E-state index contributed by atoms with van der Waals surface area (Å²) in [7, 11) is 1.87. The Bertz CT molecular complexity index is 2010. The van der Waals surface area contributed by atoms with E-state index in [1.807, 2.05) is 16.8 Å². The Morgan fingerprint density at radius 2 is 1.81 bits per heavy atom. The third kappa shape index (κ3) is 5.43. The molecule has 48 heavy (non-hydrogen) atoms. The molecule has 0 unspecified atom stereocenters. The molecular formula is C36H34F4N6O2. The lowest BCUT2D eigenvalue weighted by Crippen LogP contribution is -2.51. The molecule has 8 nitrogen and oxygen atoms in total. The number of terminal acetylenes is 2. The van der Waals surface area contributed by atoms with Crippen LogP contribution >= 0.6 is 0 Å². The average molecular weight is 659 g/mol. The number of nitrogens with zero attached hydrogens (tertiary/aromatic N) is 5. The highest BCUT2D eigenvalue weighted by Crippen LogP contribution is 2.42. The number of nitrogens with one attached hydrogen (secondary N) is 1. The summed E-state index contributed by atoms with van der Waals surface area (Å²) in [6.45, 7) is 3.65. The Labute approximate surface area is 275 Å². The second-order valence-corrected chi connectivity index (χ2v) is 13.4. The highest BCUT2D eigenvalue weighted by atomic mass is 19.3. The minimum absolute atomic E-state index is 0.0220. The van der Waals surface area contributed by atoms with Gasteiger partial charge in [-0.1, -0.05) is 18.9 Å². The highest BCUT2D eigenvalue weighted by Gasteiger charge is 2.44. The second-order valence-electron chi connectivity index (χ2n) is 13.4. The lowest BCUT2D eigenvalue weighted by molar-refractivity contribution is -0.0679. The number of pyridine rings is 1. The van der Waals surface area contributed by atoms with Gasteiger partial charge >= 0.3 is 6.01 Å². The van der Waals surface area contributed by atoms with Crippen LogP contribution in [0.5, 0.6) is 11.8 Å². The lowest BCUT2D eigenvalue weighted by Gasteiger charge is -2.44. The maximum atomic E-state index is 17.0. The molecule has 7 rings (SSSR count). The standard InChI is InChI=1S/C36H34F4N6O2/c1-5-23-26(37)10-7-19-13-22(47)14-24(28(19)23)31-30(38)32-29(27(6-2)42-31)34(46-15-20-8-9-21(16-46)41-20)44-35(43-32)48-18-36(3)17-45(4)12-11-25(36)33(39)40/h1-2,7,10,13-14,20-21,25,33,41,47H,8-9,11-12,15-18H2,3-4H3/t20-,21+,25-,36+/m1/s1. The van der Waals surface area contributed by atoms with Gasteiger partial charge in [-0.3, -0.25) is 0 Å². The van der Waals surface area contributed by atoms with E-state index in [1.54, 1.807) is 6.92 Å². The van der Waals surface area contributed by atoms with Gasteiger partial charge in [0.2, 0.25) is 6.43 Å². The molecule has 0 spiro atoms. The largest absolute Gasteiger partial charge is 0.508 e. The second kappa shape index (κ2) is 12.1. The van der Waals surface area contributed by atoms with Crippen LogP contribution in [0.1, 0.15) is 37.4 Å². The van der Waals surface area contributed by atoms with Gasteiger partial charge in [0.1, 0.15) is 34.3 Å². The Morgan fingerprint density at radius 1 is 1.06 bits per heavy atom. The number of likely N-dealkylation sites (tertiary alicyclic amines) is 1. The topological polar surface area (TPSA) is 86.6 Å². The number of piperazine rings is 1. The van der Waals surface area contributed by atoms with Crippen molar-refractivity contribution in [1.29, 1.82) is 0 Å². The smallest absolute Gasteiger partial charge is 0.319 e. The summed E-state index contributed by atoms with van der Waals surface area (Å²) in [4.78, 5) is 17.7. The lowest BCUT2D eigenvalue weighted by atomic mass is 9.73. The Morgan fingerprint density at radius 3 is 2.50 bits per heavy atom. The molecule has 2 N–H and O–H groups in total. The number of halogens is 4. The van der Waals surface area contributed by atoms with Crippen LogP contribution < -0.4 is 15.0 Å². The summed E-state index contributed by atoms with van der Waals surface area (Å²) in [6.07, 6.45) is 11.4. The summed E-state index contributed by atoms with van der Waals surface area (Å²) in [5, 5.41) is 14.9. The molecule has 4 atom stereocenters. The van der Waals surface area contributed by atoms with Crippen LogP contribution in [0.25, 0.3) is 32.9 Å². The number of phenols is 1. The molecule has 0 radical (unpaired) electrons. The van der Waals surface area contributed by atoms with E-state index in [4.69, 9.17) is 22.6 Å². The van der Waals surface area contributed by atoms with Crippen molar-refractivity contribution in [2.45, 2.75) is 44.7 Å². The monoisotopic (exact) mass is 658 g/mol. The van der Waals surface area contributed by atoms with Crippen LogP contribution in [0.2, 0.25) is 0 Å². The van der Waals surface area contributed by atoms with E-state index < -0.39 is 29.4 Å². The van der Waals surface area contributed by atoms with E-state index in [0.29, 0.717) is 43.8 Å². The summed E-state index contributed by atoms with van der Waals surface area (Å²) in [5.41, 5.74) is -1.51. The van der Waals surface area contributed by atoms with Crippen molar-refractivity contribution in [2.24, 2.45) is 11.3 Å². The van der Waals surface area contributed by atoms with Gasteiger partial charge in [-0.2, -0.15) is 9.97 Å². The zero-order chi connectivity index (χ0) is 33.9. The Hall–Kier alpha value is -4.65. The highest BCUT2D eigenvalue weighted by molar-refractivity contribution is 6.04. The number of hydrogen-bond donors (Lipinski definition) is 2. The fourth-order valence-corrected chi connectivity index (χ4v) is 7.77. The van der Waals surface area contributed by atoms with Gasteiger partial charge in [-0.05, 0) is 62.4 Å². The number of fused-ring (bicyclic) bond motifs is 4. The van der Waals surface area contributed by atoms with E-state index in [-0.39, 0.29) is 69.3 Å². The minimum Gasteiger partial charge on any atom is -0.508 e. The van der Waals surface area contributed by atoms with Crippen LogP contribution in [0, 0.1) is 47.7 Å². The normalized spacial score (nSPS) is 24.3. The van der Waals surface area contributed by atoms with Crippen molar-refractivity contribution in [3.8, 4) is 47.7 Å². The average Bonchev–Trinajstić information content (AvgIpc) is 3.40. The SMILES string of the molecule is C#Cc1c(F)ccc2cc(O)cc(-c3nc(C#C)c4c(N5C[C@H]6CC[C@@H](C5)N6)nc(OC[C@]5(C)CN(C)CC[C@@H]5C(F)F)nc4c3F)c12. The predicted molar refractivity (Wildman–Crippen MR) is 175 cm³/mol. The van der Waals surface area contributed by atoms with E-state index in [1.165, 1.54) is 24.3 Å². The van der Waals surface area contributed by atoms with E-state index in [9.17, 15) is 18.3 Å². The number of aromatic nitrogens is 3. The minimum atomic E-state index is -2.55. The molecule has 3 aliphatic heterocycles. The number of benzene rings is 2. The molecule has 2 aromatic heterocycles. The zero-order valence-corrected chi connectivity index (χ0v) is 26.5. The van der Waals surface area contributed by atoms with Crippen molar-refractivity contribution >= 4 is 27.5 Å². The summed E-state index contributed by atoms with van der Waals surface area (Å²) < 4.78 is 66.4. The van der Waals surface area contributed by atoms with Crippen LogP contribution in [-0.4, -0.2) is 83.3 Å². The number of alkyl halides is 2. The number of rotatable bonds is 6. The van der Waals surface area contributed by atoms with E-state index >= 15 is 4.39 Å². The molecular weight excluding hydrogens is 624 g/mol. The van der Waals surface area contributed by atoms with Gasteiger partial charge in [0.15, 0.2) is 5.82 Å².